The van der Waals surface area contributed by atoms with Gasteiger partial charge in [0.2, 0.25) is 0 Å². The number of hydrogen-bond acceptors (Lipinski definition) is 0. The fourth-order valence-corrected chi connectivity index (χ4v) is 5.75. The van der Waals surface area contributed by atoms with E-state index in [9.17, 15) is 0 Å². The topological polar surface area (TPSA) is 0 Å². The zero-order valence-electron chi connectivity index (χ0n) is 27.9. The molecule has 4 aromatic rings. The van der Waals surface area contributed by atoms with Crippen LogP contribution < -0.4 is 0 Å². The Balaban J connectivity index is 0.000000921. The van der Waals surface area contributed by atoms with Gasteiger partial charge in [-0.25, -0.2) is 0 Å². The van der Waals surface area contributed by atoms with Crippen molar-refractivity contribution in [1.82, 2.24) is 0 Å². The first-order valence-corrected chi connectivity index (χ1v) is 15.7. The Bertz CT molecular complexity index is 1210. The molecule has 40 heavy (non-hydrogen) atoms. The third-order valence-corrected chi connectivity index (χ3v) is 7.63. The smallest absolute Gasteiger partial charge is 0.0466 e. The van der Waals surface area contributed by atoms with Crippen LogP contribution in [0.25, 0.3) is 0 Å². The maximum Gasteiger partial charge on any atom is 0.0466 e. The number of fused-ring (bicyclic) bond motifs is 1. The van der Waals surface area contributed by atoms with E-state index in [2.05, 4.69) is 126 Å². The lowest BCUT2D eigenvalue weighted by molar-refractivity contribution is 0.472. The van der Waals surface area contributed by atoms with Gasteiger partial charge >= 0.3 is 0 Å². The van der Waals surface area contributed by atoms with Crippen LogP contribution in [-0.4, -0.2) is 0 Å². The van der Waals surface area contributed by atoms with Crippen LogP contribution in [0.3, 0.4) is 0 Å². The molecule has 1 aliphatic rings. The van der Waals surface area contributed by atoms with Crippen LogP contribution in [0.4, 0.5) is 0 Å². The molecule has 1 unspecified atom stereocenters. The number of rotatable bonds is 3. The second-order valence-corrected chi connectivity index (χ2v) is 10.1. The molecular formula is C40H56. The second kappa shape index (κ2) is 16.2. The van der Waals surface area contributed by atoms with Crippen molar-refractivity contribution >= 4 is 0 Å². The van der Waals surface area contributed by atoms with E-state index in [1.54, 1.807) is 0 Å². The molecule has 0 radical (unpaired) electrons. The molecule has 4 aromatic carbocycles. The molecule has 0 spiro atoms. The Morgan fingerprint density at radius 2 is 0.725 bits per heavy atom. The summed E-state index contributed by atoms with van der Waals surface area (Å²) in [4.78, 5) is 0. The summed E-state index contributed by atoms with van der Waals surface area (Å²) in [5.41, 5.74) is 12.1. The van der Waals surface area contributed by atoms with Crippen LogP contribution in [0.5, 0.6) is 0 Å². The minimum Gasteiger partial charge on any atom is -0.0683 e. The van der Waals surface area contributed by atoms with E-state index in [1.165, 1.54) is 50.1 Å². The highest BCUT2D eigenvalue weighted by Crippen LogP contribution is 2.58. The van der Waals surface area contributed by atoms with E-state index < -0.39 is 0 Å². The van der Waals surface area contributed by atoms with Crippen molar-refractivity contribution < 1.29 is 0 Å². The Kier molecular flexibility index (Phi) is 14.2. The van der Waals surface area contributed by atoms with Gasteiger partial charge in [0.15, 0.2) is 0 Å². The van der Waals surface area contributed by atoms with Gasteiger partial charge in [0, 0.05) is 10.8 Å². The first kappa shape index (κ1) is 34.9. The summed E-state index contributed by atoms with van der Waals surface area (Å²) in [5, 5.41) is 0. The molecule has 0 heterocycles. The zero-order chi connectivity index (χ0) is 30.5. The van der Waals surface area contributed by atoms with Crippen LogP contribution in [0, 0.1) is 27.7 Å². The molecule has 0 aliphatic heterocycles. The maximum absolute atomic E-state index is 2.44. The number of benzene rings is 4. The third kappa shape index (κ3) is 6.95. The largest absolute Gasteiger partial charge is 0.0683 e. The Morgan fingerprint density at radius 1 is 0.400 bits per heavy atom. The minimum absolute atomic E-state index is 0.0630. The quantitative estimate of drug-likeness (QED) is 0.244. The molecule has 0 nitrogen and oxygen atoms in total. The summed E-state index contributed by atoms with van der Waals surface area (Å²) in [6.07, 6.45) is 1.02. The predicted molar refractivity (Wildman–Crippen MR) is 181 cm³/mol. The molecule has 0 saturated carbocycles. The van der Waals surface area contributed by atoms with Crippen molar-refractivity contribution in [2.24, 2.45) is 0 Å². The molecule has 0 bridgehead atoms. The van der Waals surface area contributed by atoms with E-state index in [0.29, 0.717) is 0 Å². The monoisotopic (exact) mass is 536 g/mol. The van der Waals surface area contributed by atoms with Gasteiger partial charge in [-0.1, -0.05) is 176 Å². The van der Waals surface area contributed by atoms with Crippen molar-refractivity contribution in [3.63, 3.8) is 0 Å². The highest BCUT2D eigenvalue weighted by atomic mass is 14.5. The molecule has 0 aromatic heterocycles. The summed E-state index contributed by atoms with van der Waals surface area (Å²) in [7, 11) is 0. The fourth-order valence-electron chi connectivity index (χ4n) is 5.75. The van der Waals surface area contributed by atoms with Crippen molar-refractivity contribution in [1.29, 1.82) is 0 Å². The molecule has 5 rings (SSSR count). The van der Waals surface area contributed by atoms with Crippen LogP contribution in [-0.2, 0) is 10.8 Å². The number of hydrogen-bond donors (Lipinski definition) is 0. The van der Waals surface area contributed by atoms with Crippen LogP contribution in [0.1, 0.15) is 119 Å². The van der Waals surface area contributed by atoms with Crippen LogP contribution in [0.2, 0.25) is 0 Å². The van der Waals surface area contributed by atoms with E-state index in [-0.39, 0.29) is 10.8 Å². The summed E-state index contributed by atoms with van der Waals surface area (Å²) >= 11 is 0. The Morgan fingerprint density at radius 3 is 1.10 bits per heavy atom. The van der Waals surface area contributed by atoms with E-state index in [1.807, 2.05) is 55.4 Å². The molecule has 0 fully saturated rings. The van der Waals surface area contributed by atoms with Gasteiger partial charge in [0.25, 0.3) is 0 Å². The molecule has 0 heteroatoms. The van der Waals surface area contributed by atoms with Crippen LogP contribution >= 0.6 is 0 Å². The first-order valence-electron chi connectivity index (χ1n) is 15.7. The normalized spacial score (nSPS) is 15.8. The molecule has 0 amide bonds. The lowest BCUT2D eigenvalue weighted by Crippen LogP contribution is -2.30. The van der Waals surface area contributed by atoms with Gasteiger partial charge in [0.05, 0.1) is 0 Å². The molecule has 0 N–H and O–H groups in total. The average molecular weight is 537 g/mol. The Hall–Kier alpha value is -3.12. The summed E-state index contributed by atoms with van der Waals surface area (Å²) in [6, 6.07) is 34.7. The standard InChI is InChI=1S/C32H32.4C2H6/c1-22-6-13-26(14-7-22)31(5)21-32(27-15-8-23(2)9-16-27,28-17-10-24(3)11-18-28)30-20-25(4)12-19-29(30)31;4*1-2/h6-20H,21H2,1-5H3;4*1-2H3. The van der Waals surface area contributed by atoms with Gasteiger partial charge < -0.3 is 0 Å². The highest BCUT2D eigenvalue weighted by molar-refractivity contribution is 5.63. The van der Waals surface area contributed by atoms with Gasteiger partial charge in [-0.15, -0.1) is 0 Å². The van der Waals surface area contributed by atoms with Crippen molar-refractivity contribution in [3.8, 4) is 0 Å². The molecule has 216 valence electrons. The highest BCUT2D eigenvalue weighted by Gasteiger charge is 2.52. The van der Waals surface area contributed by atoms with Crippen molar-refractivity contribution in [3.05, 3.63) is 141 Å². The SMILES string of the molecule is CC.CC.CC.CC.Cc1ccc(C2(C)CC(c3ccc(C)cc3)(c3ccc(C)cc3)c3cc(C)ccc32)cc1. The Labute approximate surface area is 247 Å². The maximum atomic E-state index is 2.44. The molecular weight excluding hydrogens is 480 g/mol. The van der Waals surface area contributed by atoms with E-state index in [0.717, 1.165) is 6.42 Å². The molecule has 0 saturated heterocycles. The number of aryl methyl sites for hydroxylation is 4. The third-order valence-electron chi connectivity index (χ3n) is 7.63. The van der Waals surface area contributed by atoms with Gasteiger partial charge in [-0.3, -0.25) is 0 Å². The molecule has 1 aliphatic carbocycles. The van der Waals surface area contributed by atoms with Gasteiger partial charge in [0.1, 0.15) is 0 Å². The van der Waals surface area contributed by atoms with Crippen molar-refractivity contribution in [2.75, 3.05) is 0 Å². The summed E-state index contributed by atoms with van der Waals surface area (Å²) < 4.78 is 0. The minimum atomic E-state index is -0.178. The van der Waals surface area contributed by atoms with E-state index in [4.69, 9.17) is 0 Å². The lowest BCUT2D eigenvalue weighted by atomic mass is 9.67. The zero-order valence-corrected chi connectivity index (χ0v) is 27.9. The van der Waals surface area contributed by atoms with Gasteiger partial charge in [-0.05, 0) is 61.9 Å². The fraction of sp³-hybridized carbons (Fsp3) is 0.400. The van der Waals surface area contributed by atoms with Gasteiger partial charge in [-0.2, -0.15) is 0 Å². The first-order chi connectivity index (χ1) is 19.3. The molecule has 1 atom stereocenters. The van der Waals surface area contributed by atoms with E-state index >= 15 is 0 Å². The second-order valence-electron chi connectivity index (χ2n) is 10.1. The summed E-state index contributed by atoms with van der Waals surface area (Å²) in [5.74, 6) is 0. The average Bonchev–Trinajstić information content (AvgIpc) is 3.27. The predicted octanol–water partition coefficient (Wildman–Crippen LogP) is 12.1. The lowest BCUT2D eigenvalue weighted by Gasteiger charge is -2.35. The van der Waals surface area contributed by atoms with Crippen molar-refractivity contribution in [2.45, 2.75) is 107 Å². The summed E-state index contributed by atoms with van der Waals surface area (Å²) in [6.45, 7) is 27.2. The van der Waals surface area contributed by atoms with Crippen LogP contribution in [0.15, 0.2) is 91.0 Å².